The van der Waals surface area contributed by atoms with Gasteiger partial charge in [-0.15, -0.1) is 11.3 Å². The largest absolute Gasteiger partial charge is 0.496 e. The highest BCUT2D eigenvalue weighted by atomic mass is 32.1. The van der Waals surface area contributed by atoms with E-state index in [1.165, 1.54) is 11.3 Å². The van der Waals surface area contributed by atoms with Gasteiger partial charge in [0.2, 0.25) is 5.91 Å². The van der Waals surface area contributed by atoms with Gasteiger partial charge in [-0.05, 0) is 19.1 Å². The van der Waals surface area contributed by atoms with Crippen LogP contribution in [0.15, 0.2) is 23.6 Å². The van der Waals surface area contributed by atoms with Crippen LogP contribution in [-0.2, 0) is 4.79 Å². The zero-order valence-corrected chi connectivity index (χ0v) is 14.0. The van der Waals surface area contributed by atoms with Gasteiger partial charge in [0.05, 0.1) is 25.4 Å². The van der Waals surface area contributed by atoms with E-state index in [0.29, 0.717) is 16.6 Å². The molecule has 0 spiro atoms. The Morgan fingerprint density at radius 2 is 2.29 bits per heavy atom. The standard InChI is InChI=1S/C16H17F2N3O2S/c1-9-3-4-13(23-2)10(5-9)12-7-24-15(20-12)21-14(22)11-6-16(17,18)8-19-11/h3-5,7,11,19H,6,8H2,1-2H3,(H,20,21,22). The smallest absolute Gasteiger partial charge is 0.262 e. The Bertz CT molecular complexity index is 764. The molecule has 24 heavy (non-hydrogen) atoms. The molecule has 0 radical (unpaired) electrons. The van der Waals surface area contributed by atoms with Crippen molar-refractivity contribution in [1.82, 2.24) is 10.3 Å². The lowest BCUT2D eigenvalue weighted by Gasteiger charge is -2.09. The number of thiazole rings is 1. The minimum atomic E-state index is -2.84. The number of aromatic nitrogens is 1. The van der Waals surface area contributed by atoms with Crippen molar-refractivity contribution in [3.8, 4) is 17.0 Å². The summed E-state index contributed by atoms with van der Waals surface area (Å²) < 4.78 is 31.7. The number of benzene rings is 1. The fraction of sp³-hybridized carbons (Fsp3) is 0.375. The molecule has 128 valence electrons. The lowest BCUT2D eigenvalue weighted by molar-refractivity contribution is -0.118. The summed E-state index contributed by atoms with van der Waals surface area (Å²) in [4.78, 5) is 16.4. The first-order valence-corrected chi connectivity index (χ1v) is 8.28. The van der Waals surface area contributed by atoms with E-state index in [1.807, 2.05) is 25.1 Å². The van der Waals surface area contributed by atoms with Crippen molar-refractivity contribution in [1.29, 1.82) is 0 Å². The number of nitrogens with zero attached hydrogens (tertiary/aromatic N) is 1. The zero-order chi connectivity index (χ0) is 17.3. The van der Waals surface area contributed by atoms with Gasteiger partial charge < -0.3 is 10.1 Å². The number of hydrogen-bond acceptors (Lipinski definition) is 5. The second kappa shape index (κ2) is 6.45. The maximum Gasteiger partial charge on any atom is 0.262 e. The molecule has 0 bridgehead atoms. The van der Waals surface area contributed by atoms with Gasteiger partial charge in [0.1, 0.15) is 5.75 Å². The first-order chi connectivity index (χ1) is 11.4. The van der Waals surface area contributed by atoms with Crippen LogP contribution in [0.1, 0.15) is 12.0 Å². The first-order valence-electron chi connectivity index (χ1n) is 7.40. The number of alkyl halides is 2. The predicted molar refractivity (Wildman–Crippen MR) is 88.8 cm³/mol. The normalized spacial score (nSPS) is 19.2. The quantitative estimate of drug-likeness (QED) is 0.887. The molecule has 0 aliphatic carbocycles. The number of methoxy groups -OCH3 is 1. The molecule has 3 rings (SSSR count). The van der Waals surface area contributed by atoms with Gasteiger partial charge in [0.25, 0.3) is 5.92 Å². The molecule has 5 nitrogen and oxygen atoms in total. The van der Waals surface area contributed by atoms with Crippen LogP contribution in [0.25, 0.3) is 11.3 Å². The molecule has 2 heterocycles. The minimum Gasteiger partial charge on any atom is -0.496 e. The summed E-state index contributed by atoms with van der Waals surface area (Å²) in [6.07, 6.45) is -0.497. The van der Waals surface area contributed by atoms with Gasteiger partial charge in [0, 0.05) is 17.4 Å². The molecular weight excluding hydrogens is 336 g/mol. The van der Waals surface area contributed by atoms with E-state index in [0.717, 1.165) is 11.1 Å². The lowest BCUT2D eigenvalue weighted by Crippen LogP contribution is -2.35. The number of anilines is 1. The zero-order valence-electron chi connectivity index (χ0n) is 13.2. The molecule has 1 unspecified atom stereocenters. The summed E-state index contributed by atoms with van der Waals surface area (Å²) in [5.41, 5.74) is 2.54. The number of halogens is 2. The second-order valence-electron chi connectivity index (χ2n) is 5.72. The number of carbonyl (C=O) groups excluding carboxylic acids is 1. The number of aryl methyl sites for hydroxylation is 1. The maximum atomic E-state index is 13.2. The molecule has 1 atom stereocenters. The number of nitrogens with one attached hydrogen (secondary N) is 2. The molecular formula is C16H17F2N3O2S. The Morgan fingerprint density at radius 1 is 1.50 bits per heavy atom. The Hall–Kier alpha value is -2.06. The first kappa shape index (κ1) is 16.8. The third-order valence-corrected chi connectivity index (χ3v) is 4.55. The van der Waals surface area contributed by atoms with Crippen LogP contribution in [0.4, 0.5) is 13.9 Å². The van der Waals surface area contributed by atoms with E-state index < -0.39 is 30.8 Å². The van der Waals surface area contributed by atoms with Gasteiger partial charge >= 0.3 is 0 Å². The molecule has 1 aliphatic heterocycles. The van der Waals surface area contributed by atoms with Crippen LogP contribution in [0.2, 0.25) is 0 Å². The number of ether oxygens (including phenoxy) is 1. The van der Waals surface area contributed by atoms with Crippen LogP contribution in [0.5, 0.6) is 5.75 Å². The van der Waals surface area contributed by atoms with E-state index in [9.17, 15) is 13.6 Å². The van der Waals surface area contributed by atoms with Gasteiger partial charge in [-0.3, -0.25) is 10.1 Å². The number of carbonyl (C=O) groups is 1. The van der Waals surface area contributed by atoms with E-state index in [-0.39, 0.29) is 0 Å². The second-order valence-corrected chi connectivity index (χ2v) is 6.58. The van der Waals surface area contributed by atoms with Crippen molar-refractivity contribution in [2.45, 2.75) is 25.3 Å². The molecule has 1 saturated heterocycles. The van der Waals surface area contributed by atoms with E-state index >= 15 is 0 Å². The highest BCUT2D eigenvalue weighted by Gasteiger charge is 2.42. The van der Waals surface area contributed by atoms with Crippen molar-refractivity contribution >= 4 is 22.4 Å². The number of rotatable bonds is 4. The van der Waals surface area contributed by atoms with Crippen molar-refractivity contribution < 1.29 is 18.3 Å². The third-order valence-electron chi connectivity index (χ3n) is 3.79. The van der Waals surface area contributed by atoms with Crippen LogP contribution in [0.3, 0.4) is 0 Å². The van der Waals surface area contributed by atoms with Gasteiger partial charge in [-0.1, -0.05) is 11.6 Å². The number of hydrogen-bond donors (Lipinski definition) is 2. The lowest BCUT2D eigenvalue weighted by atomic mass is 10.1. The van der Waals surface area contributed by atoms with Crippen molar-refractivity contribution in [3.63, 3.8) is 0 Å². The molecule has 1 amide bonds. The van der Waals surface area contributed by atoms with Crippen LogP contribution in [0, 0.1) is 6.92 Å². The summed E-state index contributed by atoms with van der Waals surface area (Å²) >= 11 is 1.24. The fourth-order valence-electron chi connectivity index (χ4n) is 2.57. The number of amides is 1. The van der Waals surface area contributed by atoms with Crippen LogP contribution in [-0.4, -0.2) is 36.5 Å². The van der Waals surface area contributed by atoms with Crippen molar-refractivity contribution in [2.75, 3.05) is 19.0 Å². The Kier molecular flexibility index (Phi) is 4.51. The van der Waals surface area contributed by atoms with Crippen molar-refractivity contribution in [2.24, 2.45) is 0 Å². The highest BCUT2D eigenvalue weighted by molar-refractivity contribution is 7.14. The van der Waals surface area contributed by atoms with Gasteiger partial charge in [-0.25, -0.2) is 13.8 Å². The third kappa shape index (κ3) is 3.54. The van der Waals surface area contributed by atoms with Crippen molar-refractivity contribution in [3.05, 3.63) is 29.1 Å². The topological polar surface area (TPSA) is 63.2 Å². The average molecular weight is 353 g/mol. The van der Waals surface area contributed by atoms with E-state index in [4.69, 9.17) is 4.74 Å². The molecule has 1 aromatic heterocycles. The predicted octanol–water partition coefficient (Wildman–Crippen LogP) is 3.06. The average Bonchev–Trinajstić information content (AvgIpc) is 3.13. The molecule has 1 aromatic carbocycles. The van der Waals surface area contributed by atoms with Crippen LogP contribution < -0.4 is 15.4 Å². The molecule has 8 heteroatoms. The highest BCUT2D eigenvalue weighted by Crippen LogP contribution is 2.33. The SMILES string of the molecule is COc1ccc(C)cc1-c1csc(NC(=O)C2CC(F)(F)CN2)n1. The summed E-state index contributed by atoms with van der Waals surface area (Å²) in [7, 11) is 1.58. The summed E-state index contributed by atoms with van der Waals surface area (Å²) in [5, 5.41) is 7.29. The Balaban J connectivity index is 1.75. The fourth-order valence-corrected chi connectivity index (χ4v) is 3.28. The Morgan fingerprint density at radius 3 is 2.96 bits per heavy atom. The maximum absolute atomic E-state index is 13.2. The molecule has 2 aromatic rings. The van der Waals surface area contributed by atoms with E-state index in [1.54, 1.807) is 12.5 Å². The summed E-state index contributed by atoms with van der Waals surface area (Å²) in [5.74, 6) is -2.66. The minimum absolute atomic E-state index is 0.371. The molecule has 2 N–H and O–H groups in total. The molecule has 1 fully saturated rings. The molecule has 0 saturated carbocycles. The monoisotopic (exact) mass is 353 g/mol. The summed E-state index contributed by atoms with van der Waals surface area (Å²) in [6.45, 7) is 1.48. The van der Waals surface area contributed by atoms with Crippen LogP contribution >= 0.6 is 11.3 Å². The van der Waals surface area contributed by atoms with Gasteiger partial charge in [-0.2, -0.15) is 0 Å². The van der Waals surface area contributed by atoms with E-state index in [2.05, 4.69) is 15.6 Å². The summed E-state index contributed by atoms with van der Waals surface area (Å²) in [6, 6.07) is 4.83. The van der Waals surface area contributed by atoms with Gasteiger partial charge in [0.15, 0.2) is 5.13 Å². The molecule has 1 aliphatic rings. The Labute approximate surface area is 142 Å².